The summed E-state index contributed by atoms with van der Waals surface area (Å²) in [4.78, 5) is 23.5. The first-order valence-corrected chi connectivity index (χ1v) is 9.71. The molecule has 2 rings (SSSR count). The first-order valence-electron chi connectivity index (χ1n) is 7.65. The van der Waals surface area contributed by atoms with Gasteiger partial charge in [0.15, 0.2) is 16.4 Å². The topological polar surface area (TPSA) is 98.8 Å². The van der Waals surface area contributed by atoms with Crippen LogP contribution in [0.4, 0.5) is 0 Å². The van der Waals surface area contributed by atoms with E-state index in [1.807, 2.05) is 0 Å². The number of benzene rings is 1. The zero-order valence-corrected chi connectivity index (χ0v) is 14.3. The first kappa shape index (κ1) is 18.4. The van der Waals surface area contributed by atoms with E-state index < -0.39 is 15.8 Å². The largest absolute Gasteiger partial charge is 0.452 e. The van der Waals surface area contributed by atoms with Crippen LogP contribution < -0.4 is 5.32 Å². The van der Waals surface area contributed by atoms with Crippen molar-refractivity contribution >= 4 is 21.7 Å². The van der Waals surface area contributed by atoms with E-state index in [0.717, 1.165) is 19.1 Å². The van der Waals surface area contributed by atoms with Crippen LogP contribution in [-0.4, -0.2) is 52.4 Å². The molecule has 1 heterocycles. The molecule has 1 N–H and O–H groups in total. The first-order chi connectivity index (χ1) is 11.3. The summed E-state index contributed by atoms with van der Waals surface area (Å²) in [7, 11) is -3.12. The lowest BCUT2D eigenvalue weighted by Gasteiger charge is -2.11. The van der Waals surface area contributed by atoms with Gasteiger partial charge < -0.3 is 14.8 Å². The number of nitrogens with one attached hydrogen (secondary N) is 1. The molecule has 0 radical (unpaired) electrons. The Morgan fingerprint density at radius 2 is 2.00 bits per heavy atom. The van der Waals surface area contributed by atoms with Gasteiger partial charge in [-0.2, -0.15) is 0 Å². The molecule has 1 atom stereocenters. The van der Waals surface area contributed by atoms with E-state index in [0.29, 0.717) is 18.7 Å². The van der Waals surface area contributed by atoms with E-state index in [1.165, 1.54) is 12.1 Å². The Morgan fingerprint density at radius 1 is 1.29 bits per heavy atom. The summed E-state index contributed by atoms with van der Waals surface area (Å²) in [5.41, 5.74) is 0.850. The van der Waals surface area contributed by atoms with Crippen LogP contribution in [0, 0.1) is 0 Å². The van der Waals surface area contributed by atoms with Crippen LogP contribution in [0.5, 0.6) is 0 Å². The van der Waals surface area contributed by atoms with Crippen molar-refractivity contribution in [3.05, 3.63) is 35.4 Å². The Bertz CT molecular complexity index is 677. The van der Waals surface area contributed by atoms with Crippen LogP contribution in [0.2, 0.25) is 0 Å². The van der Waals surface area contributed by atoms with E-state index >= 15 is 0 Å². The number of rotatable bonds is 7. The van der Waals surface area contributed by atoms with Crippen molar-refractivity contribution in [2.24, 2.45) is 0 Å². The smallest absolute Gasteiger partial charge is 0.338 e. The van der Waals surface area contributed by atoms with Crippen LogP contribution in [-0.2, 0) is 29.9 Å². The van der Waals surface area contributed by atoms with Gasteiger partial charge in [0.05, 0.1) is 17.4 Å². The Hall–Kier alpha value is -1.93. The second kappa shape index (κ2) is 8.25. The number of sulfone groups is 1. The molecule has 8 heteroatoms. The zero-order valence-electron chi connectivity index (χ0n) is 13.5. The average molecular weight is 355 g/mol. The van der Waals surface area contributed by atoms with Crippen molar-refractivity contribution in [1.82, 2.24) is 5.32 Å². The molecule has 0 bridgehead atoms. The summed E-state index contributed by atoms with van der Waals surface area (Å²) >= 11 is 0. The molecule has 0 aromatic heterocycles. The molecular weight excluding hydrogens is 334 g/mol. The van der Waals surface area contributed by atoms with Crippen LogP contribution in [0.1, 0.15) is 28.8 Å². The summed E-state index contributed by atoms with van der Waals surface area (Å²) in [5.74, 6) is -1.10. The van der Waals surface area contributed by atoms with Gasteiger partial charge in [-0.1, -0.05) is 12.1 Å². The van der Waals surface area contributed by atoms with Gasteiger partial charge in [0.25, 0.3) is 5.91 Å². The molecule has 24 heavy (non-hydrogen) atoms. The fraction of sp³-hybridized carbons (Fsp3) is 0.500. The van der Waals surface area contributed by atoms with Gasteiger partial charge in [-0.05, 0) is 30.5 Å². The van der Waals surface area contributed by atoms with E-state index in [4.69, 9.17) is 9.47 Å². The van der Waals surface area contributed by atoms with Gasteiger partial charge in [-0.3, -0.25) is 4.79 Å². The third-order valence-electron chi connectivity index (χ3n) is 3.50. The van der Waals surface area contributed by atoms with E-state index in [2.05, 4.69) is 5.32 Å². The van der Waals surface area contributed by atoms with Crippen LogP contribution in [0.3, 0.4) is 0 Å². The predicted octanol–water partition coefficient (Wildman–Crippen LogP) is 0.683. The van der Waals surface area contributed by atoms with Crippen molar-refractivity contribution in [2.45, 2.75) is 24.7 Å². The molecule has 0 unspecified atom stereocenters. The second-order valence-electron chi connectivity index (χ2n) is 5.78. The quantitative estimate of drug-likeness (QED) is 0.722. The molecule has 132 valence electrons. The number of esters is 1. The Morgan fingerprint density at radius 3 is 2.58 bits per heavy atom. The van der Waals surface area contributed by atoms with Crippen molar-refractivity contribution in [3.8, 4) is 0 Å². The summed E-state index contributed by atoms with van der Waals surface area (Å²) < 4.78 is 32.7. The summed E-state index contributed by atoms with van der Waals surface area (Å²) in [6.45, 7) is 0.762. The molecule has 1 aliphatic rings. The summed E-state index contributed by atoms with van der Waals surface area (Å²) in [5, 5.41) is 2.66. The average Bonchev–Trinajstić information content (AvgIpc) is 3.03. The number of hydrogen-bond donors (Lipinski definition) is 1. The predicted molar refractivity (Wildman–Crippen MR) is 87.3 cm³/mol. The number of amides is 1. The monoisotopic (exact) mass is 355 g/mol. The zero-order chi connectivity index (χ0) is 17.6. The SMILES string of the molecule is CS(=O)(=O)Cc1ccc(C(=O)OCC(=O)NC[C@H]2CCCO2)cc1. The Labute approximate surface area is 141 Å². The van der Waals surface area contributed by atoms with Crippen LogP contribution in [0.25, 0.3) is 0 Å². The van der Waals surface area contributed by atoms with Crippen molar-refractivity contribution in [2.75, 3.05) is 26.0 Å². The van der Waals surface area contributed by atoms with Crippen molar-refractivity contribution < 1.29 is 27.5 Å². The molecule has 1 amide bonds. The van der Waals surface area contributed by atoms with Gasteiger partial charge in [-0.15, -0.1) is 0 Å². The van der Waals surface area contributed by atoms with Crippen molar-refractivity contribution in [3.63, 3.8) is 0 Å². The van der Waals surface area contributed by atoms with E-state index in [1.54, 1.807) is 12.1 Å². The number of hydrogen-bond acceptors (Lipinski definition) is 6. The number of ether oxygens (including phenoxy) is 2. The Kier molecular flexibility index (Phi) is 6.33. The highest BCUT2D eigenvalue weighted by Gasteiger charge is 2.17. The molecule has 7 nitrogen and oxygen atoms in total. The molecular formula is C16H21NO6S. The van der Waals surface area contributed by atoms with Gasteiger partial charge in [0.1, 0.15) is 0 Å². The maximum Gasteiger partial charge on any atom is 0.338 e. The van der Waals surface area contributed by atoms with Gasteiger partial charge in [0.2, 0.25) is 0 Å². The summed E-state index contributed by atoms with van der Waals surface area (Å²) in [6.07, 6.45) is 3.09. The van der Waals surface area contributed by atoms with Gasteiger partial charge >= 0.3 is 5.97 Å². The molecule has 1 aromatic rings. The summed E-state index contributed by atoms with van der Waals surface area (Å²) in [6, 6.07) is 6.06. The standard InChI is InChI=1S/C16H21NO6S/c1-24(20,21)11-12-4-6-13(7-5-12)16(19)23-10-15(18)17-9-14-3-2-8-22-14/h4-7,14H,2-3,8-11H2,1H3,(H,17,18)/t14-/m1/s1. The third-order valence-corrected chi connectivity index (χ3v) is 4.36. The maximum atomic E-state index is 11.9. The molecule has 0 aliphatic carbocycles. The van der Waals surface area contributed by atoms with Gasteiger partial charge in [0, 0.05) is 19.4 Å². The normalized spacial score (nSPS) is 17.5. The lowest BCUT2D eigenvalue weighted by atomic mass is 10.1. The number of carbonyl (C=O) groups excluding carboxylic acids is 2. The fourth-order valence-corrected chi connectivity index (χ4v) is 3.14. The van der Waals surface area contributed by atoms with Gasteiger partial charge in [-0.25, -0.2) is 13.2 Å². The molecule has 0 saturated carbocycles. The molecule has 1 saturated heterocycles. The minimum atomic E-state index is -3.12. The Balaban J connectivity index is 1.76. The van der Waals surface area contributed by atoms with Crippen LogP contribution >= 0.6 is 0 Å². The lowest BCUT2D eigenvalue weighted by Crippen LogP contribution is -2.34. The maximum absolute atomic E-state index is 11.9. The van der Waals surface area contributed by atoms with E-state index in [9.17, 15) is 18.0 Å². The molecule has 1 aromatic carbocycles. The highest BCUT2D eigenvalue weighted by molar-refractivity contribution is 7.89. The second-order valence-corrected chi connectivity index (χ2v) is 7.92. The fourth-order valence-electron chi connectivity index (χ4n) is 2.34. The van der Waals surface area contributed by atoms with Crippen molar-refractivity contribution in [1.29, 1.82) is 0 Å². The molecule has 0 spiro atoms. The van der Waals surface area contributed by atoms with E-state index in [-0.39, 0.29) is 29.9 Å². The molecule has 1 fully saturated rings. The highest BCUT2D eigenvalue weighted by Crippen LogP contribution is 2.11. The number of carbonyl (C=O) groups is 2. The highest BCUT2D eigenvalue weighted by atomic mass is 32.2. The van der Waals surface area contributed by atoms with Crippen LogP contribution in [0.15, 0.2) is 24.3 Å². The lowest BCUT2D eigenvalue weighted by molar-refractivity contribution is -0.124. The minimum absolute atomic E-state index is 0.0343. The third kappa shape index (κ3) is 6.29. The molecule has 1 aliphatic heterocycles. The minimum Gasteiger partial charge on any atom is -0.452 e.